The van der Waals surface area contributed by atoms with E-state index >= 15 is 0 Å². The number of halogens is 2. The van der Waals surface area contributed by atoms with Crippen LogP contribution < -0.4 is 5.32 Å². The van der Waals surface area contributed by atoms with Gasteiger partial charge in [0.1, 0.15) is 0 Å². The maximum Gasteiger partial charge on any atom is 0.342 e. The van der Waals surface area contributed by atoms with Crippen LogP contribution >= 0.6 is 0 Å². The van der Waals surface area contributed by atoms with Gasteiger partial charge in [-0.1, -0.05) is 6.92 Å². The zero-order valence-corrected chi connectivity index (χ0v) is 19.5. The van der Waals surface area contributed by atoms with E-state index in [-0.39, 0.29) is 6.03 Å². The Hall–Kier alpha value is -2.32. The topological polar surface area (TPSA) is 70.4 Å². The Labute approximate surface area is 193 Å². The molecular weight excluding hydrogens is 426 g/mol. The summed E-state index contributed by atoms with van der Waals surface area (Å²) in [6.45, 7) is 5.43. The number of fused-ring (bicyclic) bond motifs is 3. The van der Waals surface area contributed by atoms with Crippen LogP contribution in [-0.4, -0.2) is 50.6 Å². The van der Waals surface area contributed by atoms with Crippen molar-refractivity contribution in [3.63, 3.8) is 0 Å². The van der Waals surface area contributed by atoms with Crippen molar-refractivity contribution < 1.29 is 18.7 Å². The van der Waals surface area contributed by atoms with Gasteiger partial charge in [0, 0.05) is 36.2 Å². The first-order chi connectivity index (χ1) is 15.5. The minimum absolute atomic E-state index is 0.310. The summed E-state index contributed by atoms with van der Waals surface area (Å²) < 4.78 is 28.9. The summed E-state index contributed by atoms with van der Waals surface area (Å²) >= 11 is 0. The summed E-state index contributed by atoms with van der Waals surface area (Å²) in [6, 6.07) is 3.42. The van der Waals surface area contributed by atoms with E-state index in [4.69, 9.17) is 0 Å². The highest BCUT2D eigenvalue weighted by Gasteiger charge is 2.50. The van der Waals surface area contributed by atoms with Crippen molar-refractivity contribution in [1.29, 1.82) is 0 Å². The molecule has 33 heavy (non-hydrogen) atoms. The number of hydrogen-bond donors (Lipinski definition) is 2. The lowest BCUT2D eigenvalue weighted by molar-refractivity contribution is -0.0641. The first-order valence-electron chi connectivity index (χ1n) is 11.8. The van der Waals surface area contributed by atoms with Crippen molar-refractivity contribution in [2.24, 2.45) is 11.8 Å². The number of aliphatic hydroxyl groups is 1. The number of nitrogens with zero attached hydrogens (tertiary/aromatic N) is 3. The molecule has 2 saturated carbocycles. The standard InChI is InChI=1S/C25H32F2N4O2/c1-15-8-16-11-24(2,33)14-25(10-15,12-16)28-23(32)31-21-6-7-30(3)13-18(21)22(29-31)17-4-5-19(26)20(27)9-17/h4-5,9,15-16,33H,6-8,10-14H2,1-3H3,(H,28,32)/t15-,16-,24-,25+/m0/s1. The van der Waals surface area contributed by atoms with Gasteiger partial charge in [-0.2, -0.15) is 9.78 Å². The third-order valence-electron chi connectivity index (χ3n) is 7.61. The molecule has 2 fully saturated rings. The average Bonchev–Trinajstić information content (AvgIpc) is 3.06. The Balaban J connectivity index is 1.51. The van der Waals surface area contributed by atoms with Crippen LogP contribution in [-0.2, 0) is 13.0 Å². The number of rotatable bonds is 2. The largest absolute Gasteiger partial charge is 0.390 e. The molecule has 8 heteroatoms. The molecule has 1 amide bonds. The van der Waals surface area contributed by atoms with E-state index in [0.29, 0.717) is 42.5 Å². The Morgan fingerprint density at radius 2 is 2.03 bits per heavy atom. The molecule has 1 aliphatic heterocycles. The van der Waals surface area contributed by atoms with E-state index in [9.17, 15) is 18.7 Å². The molecule has 3 aliphatic rings. The molecule has 2 aliphatic carbocycles. The fourth-order valence-corrected chi connectivity index (χ4v) is 6.78. The van der Waals surface area contributed by atoms with Crippen LogP contribution in [0, 0.1) is 23.5 Å². The van der Waals surface area contributed by atoms with E-state index in [1.54, 1.807) is 0 Å². The summed E-state index contributed by atoms with van der Waals surface area (Å²) in [6.07, 6.45) is 4.68. The highest BCUT2D eigenvalue weighted by atomic mass is 19.2. The van der Waals surface area contributed by atoms with Gasteiger partial charge in [-0.3, -0.25) is 0 Å². The minimum atomic E-state index is -0.935. The number of carbonyl (C=O) groups excluding carboxylic acids is 1. The van der Waals surface area contributed by atoms with Gasteiger partial charge in [0.2, 0.25) is 0 Å². The maximum absolute atomic E-state index is 14.0. The summed E-state index contributed by atoms with van der Waals surface area (Å²) in [7, 11) is 1.99. The fraction of sp³-hybridized carbons (Fsp3) is 0.600. The first kappa shape index (κ1) is 22.5. The lowest BCUT2D eigenvalue weighted by atomic mass is 9.59. The van der Waals surface area contributed by atoms with E-state index in [0.717, 1.165) is 55.6 Å². The first-order valence-corrected chi connectivity index (χ1v) is 11.8. The average molecular weight is 459 g/mol. The van der Waals surface area contributed by atoms with Gasteiger partial charge < -0.3 is 15.3 Å². The van der Waals surface area contributed by atoms with E-state index in [2.05, 4.69) is 22.2 Å². The molecule has 6 nitrogen and oxygen atoms in total. The second-order valence-electron chi connectivity index (χ2n) is 11.0. The molecular formula is C25H32F2N4O2. The highest BCUT2D eigenvalue weighted by Crippen LogP contribution is 2.49. The number of carbonyl (C=O) groups is 1. The lowest BCUT2D eigenvalue weighted by Gasteiger charge is -2.52. The molecule has 178 valence electrons. The molecule has 2 N–H and O–H groups in total. The van der Waals surface area contributed by atoms with Crippen molar-refractivity contribution in [2.45, 2.75) is 70.1 Å². The quantitative estimate of drug-likeness (QED) is 0.711. The Morgan fingerprint density at radius 1 is 1.24 bits per heavy atom. The molecule has 4 atom stereocenters. The summed E-state index contributed by atoms with van der Waals surface area (Å²) in [4.78, 5) is 15.7. The highest BCUT2D eigenvalue weighted by molar-refractivity contribution is 5.80. The number of aromatic nitrogens is 2. The summed E-state index contributed by atoms with van der Waals surface area (Å²) in [5, 5.41) is 18.8. The molecule has 0 saturated heterocycles. The van der Waals surface area contributed by atoms with Crippen molar-refractivity contribution in [3.8, 4) is 11.3 Å². The molecule has 2 aromatic rings. The second kappa shape index (κ2) is 7.87. The third-order valence-corrected chi connectivity index (χ3v) is 7.61. The van der Waals surface area contributed by atoms with Crippen LogP contribution in [0.15, 0.2) is 18.2 Å². The van der Waals surface area contributed by atoms with Gasteiger partial charge in [-0.15, -0.1) is 0 Å². The molecule has 2 bridgehead atoms. The van der Waals surface area contributed by atoms with Gasteiger partial charge in [-0.05, 0) is 76.1 Å². The predicted molar refractivity (Wildman–Crippen MR) is 121 cm³/mol. The summed E-state index contributed by atoms with van der Waals surface area (Å²) in [5.41, 5.74) is 1.37. The van der Waals surface area contributed by atoms with Crippen LogP contribution in [0.2, 0.25) is 0 Å². The molecule has 0 radical (unpaired) electrons. The molecule has 1 aromatic heterocycles. The van der Waals surface area contributed by atoms with Gasteiger partial charge in [0.05, 0.1) is 17.0 Å². The van der Waals surface area contributed by atoms with Gasteiger partial charge in [0.15, 0.2) is 11.6 Å². The zero-order valence-electron chi connectivity index (χ0n) is 19.5. The van der Waals surface area contributed by atoms with Crippen LogP contribution in [0.4, 0.5) is 13.6 Å². The molecule has 5 rings (SSSR count). The maximum atomic E-state index is 14.0. The number of benzene rings is 1. The van der Waals surface area contributed by atoms with Gasteiger partial charge in [0.25, 0.3) is 0 Å². The van der Waals surface area contributed by atoms with E-state index < -0.39 is 22.8 Å². The van der Waals surface area contributed by atoms with E-state index in [1.807, 2.05) is 14.0 Å². The van der Waals surface area contributed by atoms with Crippen molar-refractivity contribution >= 4 is 6.03 Å². The van der Waals surface area contributed by atoms with Crippen LogP contribution in [0.25, 0.3) is 11.3 Å². The third kappa shape index (κ3) is 4.19. The number of nitrogens with one attached hydrogen (secondary N) is 1. The predicted octanol–water partition coefficient (Wildman–Crippen LogP) is 4.09. The van der Waals surface area contributed by atoms with Gasteiger partial charge >= 0.3 is 6.03 Å². The Kier molecular flexibility index (Phi) is 5.36. The van der Waals surface area contributed by atoms with Crippen molar-refractivity contribution in [3.05, 3.63) is 41.1 Å². The Bertz CT molecular complexity index is 1090. The minimum Gasteiger partial charge on any atom is -0.390 e. The second-order valence-corrected chi connectivity index (χ2v) is 11.0. The molecule has 2 heterocycles. The monoisotopic (exact) mass is 458 g/mol. The SMILES string of the molecule is C[C@H]1C[C@H]2C[C@](C)(O)C[C@@](NC(=O)n3nc(-c4ccc(F)c(F)c4)c4c3CCN(C)C4)(C1)C2. The molecule has 0 unspecified atom stereocenters. The number of likely N-dealkylation sites (N-methyl/N-ethyl adjacent to an activating group) is 1. The van der Waals surface area contributed by atoms with Crippen LogP contribution in [0.5, 0.6) is 0 Å². The normalized spacial score (nSPS) is 31.8. The van der Waals surface area contributed by atoms with Crippen molar-refractivity contribution in [1.82, 2.24) is 20.0 Å². The lowest BCUT2D eigenvalue weighted by Crippen LogP contribution is -2.61. The number of hydrogen-bond acceptors (Lipinski definition) is 4. The fourth-order valence-electron chi connectivity index (χ4n) is 6.78. The zero-order chi connectivity index (χ0) is 23.5. The van der Waals surface area contributed by atoms with Gasteiger partial charge in [-0.25, -0.2) is 13.6 Å². The Morgan fingerprint density at radius 3 is 2.79 bits per heavy atom. The molecule has 0 spiro atoms. The van der Waals surface area contributed by atoms with Crippen LogP contribution in [0.3, 0.4) is 0 Å². The molecule has 1 aromatic carbocycles. The van der Waals surface area contributed by atoms with Crippen LogP contribution in [0.1, 0.15) is 57.2 Å². The van der Waals surface area contributed by atoms with Crippen molar-refractivity contribution in [2.75, 3.05) is 13.6 Å². The van der Waals surface area contributed by atoms with E-state index in [1.165, 1.54) is 10.7 Å². The summed E-state index contributed by atoms with van der Waals surface area (Å²) in [5.74, 6) is -0.991. The smallest absolute Gasteiger partial charge is 0.342 e. The number of amides is 1.